The summed E-state index contributed by atoms with van der Waals surface area (Å²) < 4.78 is 5.62. The number of thiophene rings is 1. The highest BCUT2D eigenvalue weighted by Crippen LogP contribution is 2.33. The summed E-state index contributed by atoms with van der Waals surface area (Å²) >= 11 is 7.49. The summed E-state index contributed by atoms with van der Waals surface area (Å²) in [4.78, 5) is 23.1. The molecule has 3 aromatic rings. The number of nitro groups is 1. The first-order valence-corrected chi connectivity index (χ1v) is 9.07. The van der Waals surface area contributed by atoms with Gasteiger partial charge in [-0.2, -0.15) is 0 Å². The average molecular weight is 407 g/mol. The molecule has 0 saturated heterocycles. The summed E-state index contributed by atoms with van der Waals surface area (Å²) in [6.07, 6.45) is -0.860. The number of carbonyl (C=O) groups is 1. The summed E-state index contributed by atoms with van der Waals surface area (Å²) in [5, 5.41) is 25.7. The minimum Gasteiger partial charge on any atom is -0.465 e. The van der Waals surface area contributed by atoms with Crippen molar-refractivity contribution in [2.24, 2.45) is 0 Å². The van der Waals surface area contributed by atoms with Gasteiger partial charge < -0.3 is 15.2 Å². The van der Waals surface area contributed by atoms with E-state index in [0.717, 1.165) is 28.1 Å². The molecule has 0 radical (unpaired) electrons. The van der Waals surface area contributed by atoms with E-state index in [-0.39, 0.29) is 28.5 Å². The molecule has 7 nitrogen and oxygen atoms in total. The Balaban J connectivity index is 1.83. The van der Waals surface area contributed by atoms with Crippen LogP contribution in [0.25, 0.3) is 10.1 Å². The minimum atomic E-state index is -0.860. The van der Waals surface area contributed by atoms with Crippen molar-refractivity contribution in [3.8, 4) is 0 Å². The molecule has 1 unspecified atom stereocenters. The van der Waals surface area contributed by atoms with Crippen molar-refractivity contribution >= 4 is 50.4 Å². The molecule has 140 valence electrons. The number of nitrogens with zero attached hydrogens (tertiary/aromatic N) is 1. The third-order valence-electron chi connectivity index (χ3n) is 3.95. The fourth-order valence-corrected chi connectivity index (χ4v) is 3.89. The maximum Gasteiger partial charge on any atom is 0.339 e. The first-order valence-electron chi connectivity index (χ1n) is 7.87. The summed E-state index contributed by atoms with van der Waals surface area (Å²) in [5.41, 5.74) is -0.317. The second-order valence-corrected chi connectivity index (χ2v) is 7.20. The van der Waals surface area contributed by atoms with Gasteiger partial charge in [-0.1, -0.05) is 29.8 Å². The summed E-state index contributed by atoms with van der Waals surface area (Å²) in [6, 6.07) is 12.0. The molecular weight excluding hydrogens is 392 g/mol. The predicted molar refractivity (Wildman–Crippen MR) is 105 cm³/mol. The Kier molecular flexibility index (Phi) is 5.59. The number of hydrogen-bond acceptors (Lipinski definition) is 7. The van der Waals surface area contributed by atoms with Crippen LogP contribution in [0.1, 0.15) is 21.3 Å². The van der Waals surface area contributed by atoms with Crippen molar-refractivity contribution < 1.29 is 19.6 Å². The summed E-state index contributed by atoms with van der Waals surface area (Å²) in [7, 11) is 1.16. The lowest BCUT2D eigenvalue weighted by Crippen LogP contribution is -2.13. The molecule has 0 fully saturated rings. The lowest BCUT2D eigenvalue weighted by molar-refractivity contribution is -0.384. The molecule has 0 saturated carbocycles. The van der Waals surface area contributed by atoms with E-state index in [9.17, 15) is 20.0 Å². The lowest BCUT2D eigenvalue weighted by Gasteiger charge is -2.13. The number of anilines is 1. The molecule has 2 N–H and O–H groups in total. The van der Waals surface area contributed by atoms with E-state index < -0.39 is 17.0 Å². The first kappa shape index (κ1) is 19.1. The number of esters is 1. The minimum absolute atomic E-state index is 0.0197. The average Bonchev–Trinajstić information content (AvgIpc) is 3.09. The number of nitrogens with one attached hydrogen (secondary N) is 1. The Morgan fingerprint density at radius 1 is 1.37 bits per heavy atom. The Bertz CT molecular complexity index is 987. The number of halogens is 1. The molecule has 0 aliphatic carbocycles. The highest BCUT2D eigenvalue weighted by atomic mass is 35.5. The maximum absolute atomic E-state index is 11.7. The fraction of sp³-hybridized carbons (Fsp3) is 0.167. The predicted octanol–water partition coefficient (Wildman–Crippen LogP) is 4.40. The molecule has 0 aliphatic rings. The number of aliphatic hydroxyl groups is 1. The Labute approximate surface area is 163 Å². The van der Waals surface area contributed by atoms with E-state index in [1.807, 2.05) is 30.3 Å². The standard InChI is InChI=1S/C18H15ClN2O5S/c1-26-18(23)11-7-14(21(24)25)13(8-12(11)19)20-9-15(22)17-6-10-4-2-3-5-16(10)27-17/h2-8,15,20,22H,9H2,1H3. The van der Waals surface area contributed by atoms with Crippen molar-refractivity contribution in [2.75, 3.05) is 19.0 Å². The Morgan fingerprint density at radius 2 is 2.11 bits per heavy atom. The molecule has 2 aromatic carbocycles. The molecule has 0 bridgehead atoms. The summed E-state index contributed by atoms with van der Waals surface area (Å²) in [5.74, 6) is -0.764. The highest BCUT2D eigenvalue weighted by Gasteiger charge is 2.22. The van der Waals surface area contributed by atoms with Crippen LogP contribution in [0.15, 0.2) is 42.5 Å². The van der Waals surface area contributed by atoms with E-state index in [2.05, 4.69) is 10.1 Å². The second kappa shape index (κ2) is 7.91. The van der Waals surface area contributed by atoms with Crippen LogP contribution in [0.5, 0.6) is 0 Å². The van der Waals surface area contributed by atoms with Crippen LogP contribution in [-0.2, 0) is 4.74 Å². The number of fused-ring (bicyclic) bond motifs is 1. The van der Waals surface area contributed by atoms with Crippen LogP contribution < -0.4 is 5.32 Å². The van der Waals surface area contributed by atoms with Crippen molar-refractivity contribution in [2.45, 2.75) is 6.10 Å². The number of rotatable bonds is 6. The number of aliphatic hydroxyl groups excluding tert-OH is 1. The molecule has 3 rings (SSSR count). The van der Waals surface area contributed by atoms with E-state index in [0.29, 0.717) is 0 Å². The van der Waals surface area contributed by atoms with Gasteiger partial charge in [0.25, 0.3) is 5.69 Å². The van der Waals surface area contributed by atoms with Gasteiger partial charge in [-0.05, 0) is 23.6 Å². The van der Waals surface area contributed by atoms with Crippen molar-refractivity contribution in [3.05, 3.63) is 68.0 Å². The first-order chi connectivity index (χ1) is 12.9. The van der Waals surface area contributed by atoms with E-state index in [4.69, 9.17) is 11.6 Å². The topological polar surface area (TPSA) is 102 Å². The van der Waals surface area contributed by atoms with Gasteiger partial charge in [0.1, 0.15) is 11.8 Å². The highest BCUT2D eigenvalue weighted by molar-refractivity contribution is 7.19. The quantitative estimate of drug-likeness (QED) is 0.357. The van der Waals surface area contributed by atoms with Crippen molar-refractivity contribution in [1.82, 2.24) is 0 Å². The molecular formula is C18H15ClN2O5S. The number of nitro benzene ring substituents is 1. The molecule has 0 amide bonds. The zero-order valence-corrected chi connectivity index (χ0v) is 15.7. The number of hydrogen-bond donors (Lipinski definition) is 2. The van der Waals surface area contributed by atoms with Crippen LogP contribution in [0.2, 0.25) is 5.02 Å². The number of carbonyl (C=O) groups excluding carboxylic acids is 1. The zero-order valence-electron chi connectivity index (χ0n) is 14.1. The van der Waals surface area contributed by atoms with E-state index >= 15 is 0 Å². The van der Waals surface area contributed by atoms with Gasteiger partial charge in [0.05, 0.1) is 22.6 Å². The monoisotopic (exact) mass is 406 g/mol. The van der Waals surface area contributed by atoms with Crippen LogP contribution in [0.4, 0.5) is 11.4 Å². The molecule has 0 aliphatic heterocycles. The van der Waals surface area contributed by atoms with E-state index in [1.54, 1.807) is 0 Å². The smallest absolute Gasteiger partial charge is 0.339 e. The molecule has 0 spiro atoms. The van der Waals surface area contributed by atoms with Crippen LogP contribution in [0.3, 0.4) is 0 Å². The zero-order chi connectivity index (χ0) is 19.6. The van der Waals surface area contributed by atoms with Crippen LogP contribution >= 0.6 is 22.9 Å². The number of methoxy groups -OCH3 is 1. The lowest BCUT2D eigenvalue weighted by atomic mass is 10.1. The fourth-order valence-electron chi connectivity index (χ4n) is 2.59. The number of benzene rings is 2. The third-order valence-corrected chi connectivity index (χ3v) is 5.48. The van der Waals surface area contributed by atoms with Gasteiger partial charge in [0, 0.05) is 22.2 Å². The molecule has 1 aromatic heterocycles. The SMILES string of the molecule is COC(=O)c1cc([N+](=O)[O-])c(NCC(O)c2cc3ccccc3s2)cc1Cl. The van der Waals surface area contributed by atoms with Crippen molar-refractivity contribution in [3.63, 3.8) is 0 Å². The van der Waals surface area contributed by atoms with E-state index in [1.165, 1.54) is 17.4 Å². The molecule has 27 heavy (non-hydrogen) atoms. The maximum atomic E-state index is 11.7. The Hall–Kier alpha value is -2.68. The molecule has 1 heterocycles. The van der Waals surface area contributed by atoms with Gasteiger partial charge >= 0.3 is 5.97 Å². The second-order valence-electron chi connectivity index (χ2n) is 5.68. The normalized spacial score (nSPS) is 12.0. The van der Waals surface area contributed by atoms with Gasteiger partial charge in [-0.3, -0.25) is 10.1 Å². The number of ether oxygens (including phenoxy) is 1. The van der Waals surface area contributed by atoms with Gasteiger partial charge in [-0.25, -0.2) is 4.79 Å². The largest absolute Gasteiger partial charge is 0.465 e. The molecule has 1 atom stereocenters. The Morgan fingerprint density at radius 3 is 2.78 bits per heavy atom. The van der Waals surface area contributed by atoms with Crippen LogP contribution in [0, 0.1) is 10.1 Å². The summed E-state index contributed by atoms with van der Waals surface area (Å²) in [6.45, 7) is 0.0432. The molecule has 9 heteroatoms. The van der Waals surface area contributed by atoms with Gasteiger partial charge in [-0.15, -0.1) is 11.3 Å². The van der Waals surface area contributed by atoms with Crippen molar-refractivity contribution in [1.29, 1.82) is 0 Å². The van der Waals surface area contributed by atoms with Crippen LogP contribution in [-0.4, -0.2) is 29.7 Å². The van der Waals surface area contributed by atoms with Gasteiger partial charge in [0.2, 0.25) is 0 Å². The van der Waals surface area contributed by atoms with Gasteiger partial charge in [0.15, 0.2) is 0 Å². The third kappa shape index (κ3) is 4.02.